The van der Waals surface area contributed by atoms with Crippen LogP contribution in [-0.2, 0) is 17.8 Å². The molecule has 20 rings (SSSR count). The van der Waals surface area contributed by atoms with Gasteiger partial charge in [0.05, 0.1) is 90.9 Å². The predicted molar refractivity (Wildman–Crippen MR) is 520 cm³/mol. The molecule has 0 spiro atoms. The van der Waals surface area contributed by atoms with E-state index in [9.17, 15) is 29.8 Å². The molecule has 4 aliphatic heterocycles. The standard InChI is InChI=1S/C25H21BrN6O3S.C25H23ClFN7S.C21H14ClN5O2S.C20H16ClFN8S/c26-17-9-19(22-20(10-17)34-14-35-22)30-21-16(11-27)12-28-24-23(21)36-25(31-24)29-18-3-1-15(2-4-18)13-32-5-7-33-8-6-32;26-20-11-19(5-6-21(20)27)31-22-16(12-28)13-30-24-23(22)35-25(33-24)32-18-3-1-15(2-4-18)14-34-9-7-17(29)8-10-34;1-11-2-4-13(5-3-11)25-21-27-20-19(30-21)16(12(8-23)9-24-20)26-17-14(22)6-7-15-18(17)29-10-28-15;21-14-7-12(1-3-15(14)22)28-17-11(8-24)9-27-19-18(17)31-20(30-19)29-13-2-4-16(26-10-13)25-6-5-23/h1-4,9-10,12H,5-8,13-14H2,(H2,28,29,30,31);1-6,11,13,17H,7-10,14,29H2,(H2,30,31,32,33);2-7,9H,10H2,1H3,(H2,24,25,26,27);1-4,7,9-10H,5-6,23H2,(H,25,26)(H2,27,28,29,30). The number of benzene rings is 7. The van der Waals surface area contributed by atoms with Crippen LogP contribution in [0.5, 0.6) is 23.0 Å². The Bertz CT molecular complexity index is 7130. The lowest BCUT2D eigenvalue weighted by molar-refractivity contribution is 0.0342. The number of halogens is 6. The number of nitriles is 4. The van der Waals surface area contributed by atoms with Crippen molar-refractivity contribution in [1.82, 2.24) is 54.7 Å². The third-order valence-electron chi connectivity index (χ3n) is 20.7. The molecule has 664 valence electrons. The van der Waals surface area contributed by atoms with Crippen LogP contribution in [0.1, 0.15) is 51.8 Å². The lowest BCUT2D eigenvalue weighted by atomic mass is 10.1. The highest BCUT2D eigenvalue weighted by Gasteiger charge is 2.28. The number of hydrogen-bond acceptors (Lipinski definition) is 35. The fraction of sp³-hybridized carbons (Fsp3) is 0.176. The first-order chi connectivity index (χ1) is 64.3. The van der Waals surface area contributed by atoms with Crippen molar-refractivity contribution in [3.05, 3.63) is 247 Å². The molecule has 0 radical (unpaired) electrons. The van der Waals surface area contributed by atoms with E-state index >= 15 is 0 Å². The quantitative estimate of drug-likeness (QED) is 0.0283. The van der Waals surface area contributed by atoms with Gasteiger partial charge in [0.25, 0.3) is 0 Å². The lowest BCUT2D eigenvalue weighted by Gasteiger charge is -2.30. The van der Waals surface area contributed by atoms with Crippen molar-refractivity contribution in [3.63, 3.8) is 0 Å². The molecule has 0 atom stereocenters. The molecule has 41 heteroatoms. The highest BCUT2D eigenvalue weighted by Crippen LogP contribution is 2.49. The predicted octanol–water partition coefficient (Wildman–Crippen LogP) is 21.5. The Hall–Kier alpha value is -13.8. The Balaban J connectivity index is 0.000000123. The third kappa shape index (κ3) is 21.6. The maximum atomic E-state index is 13.6. The number of aryl methyl sites for hydroxylation is 1. The van der Waals surface area contributed by atoms with Gasteiger partial charge in [0.2, 0.25) is 13.6 Å². The molecule has 4 aliphatic rings. The minimum atomic E-state index is -0.519. The van der Waals surface area contributed by atoms with Crippen LogP contribution in [0.15, 0.2) is 181 Å². The van der Waals surface area contributed by atoms with Crippen molar-refractivity contribution in [2.24, 2.45) is 11.5 Å². The number of nitrogens with two attached hydrogens (primary N) is 2. The van der Waals surface area contributed by atoms with E-state index in [2.05, 4.69) is 179 Å². The van der Waals surface area contributed by atoms with Gasteiger partial charge in [-0.25, -0.2) is 33.7 Å². The summed E-state index contributed by atoms with van der Waals surface area (Å²) in [6.45, 7) is 10.9. The van der Waals surface area contributed by atoms with E-state index in [1.165, 1.54) is 111 Å². The summed E-state index contributed by atoms with van der Waals surface area (Å²) in [6, 6.07) is 53.1. The SMILES string of the molecule is Cc1ccc(Nc2nc3ncc(C#N)c(Nc4c(Cl)ccc5c4OCO5)c3s2)cc1.N#Cc1cnc2nc(Nc3ccc(CN4CCC(N)CC4)cc3)sc2c1Nc1ccc(F)c(Cl)c1.N#Cc1cnc2nc(Nc3ccc(CN4CCOCC4)cc3)sc2c1Nc1cc(Br)cc2c1OCO2.N#Cc1cnc2nc(Nc3ccc(NCCN)nc3)sc2c1Nc1ccc(F)c(Cl)c1. The van der Waals surface area contributed by atoms with Gasteiger partial charge in [0.15, 0.2) is 66.1 Å². The van der Waals surface area contributed by atoms with Crippen molar-refractivity contribution in [2.45, 2.75) is 38.9 Å². The summed E-state index contributed by atoms with van der Waals surface area (Å²) in [6.07, 6.45) is 9.71. The monoisotopic (exact) mass is 1960 g/mol. The molecule has 0 bridgehead atoms. The first kappa shape index (κ1) is 90.2. The average molecular weight is 1960 g/mol. The van der Waals surface area contributed by atoms with E-state index in [0.29, 0.717) is 167 Å². The van der Waals surface area contributed by atoms with E-state index in [4.69, 9.17) is 70.0 Å². The summed E-state index contributed by atoms with van der Waals surface area (Å²) in [5.74, 6) is 2.05. The number of morpholine rings is 1. The van der Waals surface area contributed by atoms with Crippen LogP contribution >= 0.6 is 96.1 Å². The smallest absolute Gasteiger partial charge is 0.231 e. The van der Waals surface area contributed by atoms with Crippen molar-refractivity contribution in [2.75, 3.05) is 114 Å². The Morgan fingerprint density at radius 1 is 0.447 bits per heavy atom. The molecule has 132 heavy (non-hydrogen) atoms. The van der Waals surface area contributed by atoms with Crippen molar-refractivity contribution in [1.29, 1.82) is 21.0 Å². The zero-order chi connectivity index (χ0) is 91.3. The number of likely N-dealkylation sites (tertiary alicyclic amines) is 1. The molecule has 0 amide bonds. The number of nitrogens with zero attached hydrogens (tertiary/aromatic N) is 15. The number of ether oxygens (including phenoxy) is 5. The number of thiazole rings is 4. The summed E-state index contributed by atoms with van der Waals surface area (Å²) in [5, 5.41) is 70.8. The number of hydrogen-bond donors (Lipinski definition) is 11. The molecular weight excluding hydrogens is 1890 g/mol. The molecule has 16 aromatic rings. The molecule has 0 unspecified atom stereocenters. The van der Waals surface area contributed by atoms with E-state index in [-0.39, 0.29) is 23.6 Å². The van der Waals surface area contributed by atoms with Crippen LogP contribution in [0.2, 0.25) is 15.1 Å². The van der Waals surface area contributed by atoms with E-state index < -0.39 is 11.6 Å². The zero-order valence-corrected chi connectivity index (χ0v) is 76.6. The first-order valence-corrected chi connectivity index (χ1v) is 46.0. The topological polar surface area (TPSA) is 424 Å². The Morgan fingerprint density at radius 2 is 0.871 bits per heavy atom. The first-order valence-electron chi connectivity index (χ1n) is 40.8. The number of rotatable bonds is 23. The van der Waals surface area contributed by atoms with Crippen LogP contribution in [0.25, 0.3) is 41.4 Å². The fourth-order valence-electron chi connectivity index (χ4n) is 14.1. The molecule has 31 nitrogen and oxygen atoms in total. The van der Waals surface area contributed by atoms with Gasteiger partial charge < -0.3 is 83.0 Å². The molecular formula is C91H74BrCl3F2N26O5S4. The number of nitrogens with one attached hydrogen (secondary N) is 9. The van der Waals surface area contributed by atoms with Gasteiger partial charge in [-0.2, -0.15) is 41.0 Å². The van der Waals surface area contributed by atoms with Crippen LogP contribution < -0.4 is 78.3 Å². The summed E-state index contributed by atoms with van der Waals surface area (Å²) in [4.78, 5) is 44.8. The average Bonchev–Trinajstić information content (AvgIpc) is 1.62. The fourth-order valence-corrected chi connectivity index (χ4v) is 18.8. The summed E-state index contributed by atoms with van der Waals surface area (Å²) < 4.78 is 58.4. The zero-order valence-electron chi connectivity index (χ0n) is 69.5. The highest BCUT2D eigenvalue weighted by atomic mass is 79.9. The summed E-state index contributed by atoms with van der Waals surface area (Å²) in [5.41, 5.74) is 26.8. The Kier molecular flexibility index (Phi) is 28.4. The third-order valence-corrected chi connectivity index (χ3v) is 26.0. The van der Waals surface area contributed by atoms with Crippen molar-refractivity contribution >= 4 is 232 Å². The second kappa shape index (κ2) is 41.5. The number of piperidine rings is 1. The molecule has 9 aromatic heterocycles. The van der Waals surface area contributed by atoms with Crippen LogP contribution in [0.4, 0.5) is 103 Å². The van der Waals surface area contributed by atoms with Gasteiger partial charge in [0, 0.05) is 103 Å². The molecule has 2 saturated heterocycles. The van der Waals surface area contributed by atoms with Gasteiger partial charge in [-0.3, -0.25) is 9.80 Å². The number of aromatic nitrogens is 9. The molecule has 2 fully saturated rings. The van der Waals surface area contributed by atoms with Gasteiger partial charge in [-0.1, -0.05) is 138 Å². The summed E-state index contributed by atoms with van der Waals surface area (Å²) >= 11 is 27.3. The number of pyridine rings is 5. The number of anilines is 17. The van der Waals surface area contributed by atoms with Crippen molar-refractivity contribution in [3.8, 4) is 47.3 Å². The van der Waals surface area contributed by atoms with Gasteiger partial charge >= 0.3 is 0 Å². The molecule has 7 aromatic carbocycles. The second-order valence-electron chi connectivity index (χ2n) is 29.8. The molecule has 13 heterocycles. The van der Waals surface area contributed by atoms with E-state index in [1.807, 2.05) is 67.6 Å². The largest absolute Gasteiger partial charge is 0.454 e. The van der Waals surface area contributed by atoms with Crippen molar-refractivity contribution < 1.29 is 32.5 Å². The second-order valence-corrected chi connectivity index (χ2v) is 36.0. The Morgan fingerprint density at radius 3 is 1.33 bits per heavy atom. The minimum Gasteiger partial charge on any atom is -0.454 e. The van der Waals surface area contributed by atoms with Gasteiger partial charge in [0.1, 0.15) is 66.2 Å². The van der Waals surface area contributed by atoms with Crippen LogP contribution in [0.3, 0.4) is 0 Å². The van der Waals surface area contributed by atoms with Gasteiger partial charge in [-0.15, -0.1) is 0 Å². The minimum absolute atomic E-state index is 0.00206. The maximum absolute atomic E-state index is 13.6. The van der Waals surface area contributed by atoms with E-state index in [0.717, 1.165) is 108 Å². The molecule has 0 saturated carbocycles. The van der Waals surface area contributed by atoms with Gasteiger partial charge in [-0.05, 0) is 153 Å². The summed E-state index contributed by atoms with van der Waals surface area (Å²) in [7, 11) is 0. The number of fused-ring (bicyclic) bond motifs is 6. The maximum Gasteiger partial charge on any atom is 0.231 e. The molecule has 0 aliphatic carbocycles. The normalized spacial score (nSPS) is 13.2. The van der Waals surface area contributed by atoms with E-state index in [1.54, 1.807) is 30.5 Å². The highest BCUT2D eigenvalue weighted by molar-refractivity contribution is 9.10. The van der Waals surface area contributed by atoms with Crippen LogP contribution in [0, 0.1) is 63.9 Å². The Labute approximate surface area is 792 Å². The van der Waals surface area contributed by atoms with Crippen LogP contribution in [-0.4, -0.2) is 127 Å². The molecule has 13 N–H and O–H groups in total. The lowest BCUT2D eigenvalue weighted by Crippen LogP contribution is -2.39.